The van der Waals surface area contributed by atoms with Crippen LogP contribution < -0.4 is 15.4 Å². The SMILES string of the molecule is CC1CCCNC1CC(=O)NCCOc1ccccc1. The van der Waals surface area contributed by atoms with Crippen LogP contribution in [0.3, 0.4) is 0 Å². The van der Waals surface area contributed by atoms with Gasteiger partial charge in [0.15, 0.2) is 0 Å². The van der Waals surface area contributed by atoms with E-state index in [-0.39, 0.29) is 5.91 Å². The monoisotopic (exact) mass is 276 g/mol. The number of benzene rings is 1. The fourth-order valence-corrected chi connectivity index (χ4v) is 2.54. The van der Waals surface area contributed by atoms with Crippen LogP contribution in [0.4, 0.5) is 0 Å². The maximum atomic E-state index is 11.9. The smallest absolute Gasteiger partial charge is 0.221 e. The van der Waals surface area contributed by atoms with Gasteiger partial charge in [-0.2, -0.15) is 0 Å². The molecule has 2 atom stereocenters. The summed E-state index contributed by atoms with van der Waals surface area (Å²) in [6.07, 6.45) is 2.98. The molecule has 1 heterocycles. The van der Waals surface area contributed by atoms with Crippen LogP contribution >= 0.6 is 0 Å². The fraction of sp³-hybridized carbons (Fsp3) is 0.562. The highest BCUT2D eigenvalue weighted by atomic mass is 16.5. The van der Waals surface area contributed by atoms with Crippen molar-refractivity contribution in [3.05, 3.63) is 30.3 Å². The number of hydrogen-bond donors (Lipinski definition) is 2. The van der Waals surface area contributed by atoms with Crippen LogP contribution in [0.2, 0.25) is 0 Å². The lowest BCUT2D eigenvalue weighted by atomic mass is 9.90. The van der Waals surface area contributed by atoms with Crippen molar-refractivity contribution in [1.29, 1.82) is 0 Å². The van der Waals surface area contributed by atoms with Gasteiger partial charge < -0.3 is 15.4 Å². The molecule has 0 aliphatic carbocycles. The molecule has 1 aromatic rings. The molecule has 1 aromatic carbocycles. The van der Waals surface area contributed by atoms with Gasteiger partial charge in [-0.05, 0) is 37.4 Å². The average Bonchev–Trinajstić information content (AvgIpc) is 2.47. The largest absolute Gasteiger partial charge is 0.492 e. The Bertz CT molecular complexity index is 408. The Labute approximate surface area is 120 Å². The zero-order valence-electron chi connectivity index (χ0n) is 12.1. The minimum atomic E-state index is 0.105. The molecule has 0 saturated carbocycles. The van der Waals surface area contributed by atoms with Gasteiger partial charge in [0.1, 0.15) is 12.4 Å². The molecule has 0 radical (unpaired) electrons. The zero-order valence-corrected chi connectivity index (χ0v) is 12.1. The predicted octanol–water partition coefficient (Wildman–Crippen LogP) is 1.96. The van der Waals surface area contributed by atoms with Crippen LogP contribution in [-0.4, -0.2) is 31.6 Å². The number of para-hydroxylation sites is 1. The quantitative estimate of drug-likeness (QED) is 0.781. The highest BCUT2D eigenvalue weighted by Crippen LogP contribution is 2.17. The lowest BCUT2D eigenvalue weighted by Gasteiger charge is -2.29. The van der Waals surface area contributed by atoms with Gasteiger partial charge in [0.05, 0.1) is 6.54 Å². The van der Waals surface area contributed by atoms with Crippen molar-refractivity contribution in [2.24, 2.45) is 5.92 Å². The van der Waals surface area contributed by atoms with Crippen molar-refractivity contribution in [2.75, 3.05) is 19.7 Å². The van der Waals surface area contributed by atoms with Crippen LogP contribution in [0.5, 0.6) is 5.75 Å². The van der Waals surface area contributed by atoms with Gasteiger partial charge >= 0.3 is 0 Å². The van der Waals surface area contributed by atoms with Crippen molar-refractivity contribution in [3.8, 4) is 5.75 Å². The van der Waals surface area contributed by atoms with E-state index in [0.717, 1.165) is 12.3 Å². The third kappa shape index (κ3) is 4.85. The molecule has 4 heteroatoms. The first kappa shape index (κ1) is 14.9. The van der Waals surface area contributed by atoms with Crippen molar-refractivity contribution in [2.45, 2.75) is 32.2 Å². The molecule has 20 heavy (non-hydrogen) atoms. The molecular weight excluding hydrogens is 252 g/mol. The van der Waals surface area contributed by atoms with Gasteiger partial charge in [-0.25, -0.2) is 0 Å². The van der Waals surface area contributed by atoms with Crippen molar-refractivity contribution >= 4 is 5.91 Å². The highest BCUT2D eigenvalue weighted by Gasteiger charge is 2.22. The minimum absolute atomic E-state index is 0.105. The second-order valence-corrected chi connectivity index (χ2v) is 5.40. The van der Waals surface area contributed by atoms with Gasteiger partial charge in [-0.3, -0.25) is 4.79 Å². The Kier molecular flexibility index (Phi) is 5.87. The summed E-state index contributed by atoms with van der Waals surface area (Å²) in [6.45, 7) is 4.29. The van der Waals surface area contributed by atoms with E-state index in [2.05, 4.69) is 17.6 Å². The summed E-state index contributed by atoms with van der Waals surface area (Å²) < 4.78 is 5.54. The Morgan fingerprint density at radius 2 is 2.20 bits per heavy atom. The van der Waals surface area contributed by atoms with Crippen molar-refractivity contribution in [3.63, 3.8) is 0 Å². The normalized spacial score (nSPS) is 22.2. The lowest BCUT2D eigenvalue weighted by Crippen LogP contribution is -2.44. The molecular formula is C16H24N2O2. The van der Waals surface area contributed by atoms with Crippen LogP contribution in [0, 0.1) is 5.92 Å². The number of nitrogens with one attached hydrogen (secondary N) is 2. The molecule has 4 nitrogen and oxygen atoms in total. The van der Waals surface area contributed by atoms with Crippen LogP contribution in [-0.2, 0) is 4.79 Å². The molecule has 1 aliphatic heterocycles. The van der Waals surface area contributed by atoms with Crippen LogP contribution in [0.15, 0.2) is 30.3 Å². The van der Waals surface area contributed by atoms with Gasteiger partial charge in [0, 0.05) is 12.5 Å². The topological polar surface area (TPSA) is 50.4 Å². The van der Waals surface area contributed by atoms with E-state index in [1.54, 1.807) is 0 Å². The summed E-state index contributed by atoms with van der Waals surface area (Å²) in [4.78, 5) is 11.9. The second kappa shape index (κ2) is 7.90. The first-order chi connectivity index (χ1) is 9.75. The summed E-state index contributed by atoms with van der Waals surface area (Å²) in [6, 6.07) is 9.96. The van der Waals surface area contributed by atoms with E-state index in [1.165, 1.54) is 12.8 Å². The third-order valence-electron chi connectivity index (χ3n) is 3.77. The van der Waals surface area contributed by atoms with E-state index in [9.17, 15) is 4.79 Å². The van der Waals surface area contributed by atoms with Crippen LogP contribution in [0.25, 0.3) is 0 Å². The summed E-state index contributed by atoms with van der Waals surface area (Å²) >= 11 is 0. The van der Waals surface area contributed by atoms with E-state index >= 15 is 0 Å². The van der Waals surface area contributed by atoms with E-state index in [0.29, 0.717) is 31.5 Å². The zero-order chi connectivity index (χ0) is 14.2. The molecule has 0 bridgehead atoms. The summed E-state index contributed by atoms with van der Waals surface area (Å²) in [5.41, 5.74) is 0. The molecule has 1 amide bonds. The van der Waals surface area contributed by atoms with Gasteiger partial charge in [-0.15, -0.1) is 0 Å². The molecule has 1 saturated heterocycles. The number of ether oxygens (including phenoxy) is 1. The molecule has 1 aliphatic rings. The summed E-state index contributed by atoms with van der Waals surface area (Å²) in [7, 11) is 0. The molecule has 2 rings (SSSR count). The first-order valence-corrected chi connectivity index (χ1v) is 7.43. The molecule has 0 aromatic heterocycles. The van der Waals surface area contributed by atoms with Crippen molar-refractivity contribution < 1.29 is 9.53 Å². The lowest BCUT2D eigenvalue weighted by molar-refractivity contribution is -0.122. The fourth-order valence-electron chi connectivity index (χ4n) is 2.54. The Hall–Kier alpha value is -1.55. The molecule has 0 spiro atoms. The standard InChI is InChI=1S/C16H24N2O2/c1-13-6-5-9-17-15(13)12-16(19)18-10-11-20-14-7-3-2-4-8-14/h2-4,7-8,13,15,17H,5-6,9-12H2,1H3,(H,18,19). The first-order valence-electron chi connectivity index (χ1n) is 7.43. The molecule has 1 fully saturated rings. The average molecular weight is 276 g/mol. The van der Waals surface area contributed by atoms with Gasteiger partial charge in [0.2, 0.25) is 5.91 Å². The predicted molar refractivity (Wildman–Crippen MR) is 79.8 cm³/mol. The van der Waals surface area contributed by atoms with Gasteiger partial charge in [0.25, 0.3) is 0 Å². The maximum Gasteiger partial charge on any atom is 0.221 e. The number of amides is 1. The number of carbonyl (C=O) groups is 1. The molecule has 110 valence electrons. The van der Waals surface area contributed by atoms with Crippen LogP contribution in [0.1, 0.15) is 26.2 Å². The highest BCUT2D eigenvalue weighted by molar-refractivity contribution is 5.76. The maximum absolute atomic E-state index is 11.9. The number of rotatable bonds is 6. The third-order valence-corrected chi connectivity index (χ3v) is 3.77. The van der Waals surface area contributed by atoms with E-state index in [1.807, 2.05) is 30.3 Å². The number of carbonyl (C=O) groups excluding carboxylic acids is 1. The summed E-state index contributed by atoms with van der Waals surface area (Å²) in [5.74, 6) is 1.52. The Balaban J connectivity index is 1.60. The number of piperidine rings is 1. The molecule has 2 unspecified atom stereocenters. The Morgan fingerprint density at radius 3 is 2.95 bits per heavy atom. The van der Waals surface area contributed by atoms with E-state index in [4.69, 9.17) is 4.74 Å². The second-order valence-electron chi connectivity index (χ2n) is 5.40. The molecule has 2 N–H and O–H groups in total. The van der Waals surface area contributed by atoms with Gasteiger partial charge in [-0.1, -0.05) is 25.1 Å². The number of hydrogen-bond acceptors (Lipinski definition) is 3. The summed E-state index contributed by atoms with van der Waals surface area (Å²) in [5, 5.41) is 6.34. The van der Waals surface area contributed by atoms with E-state index < -0.39 is 0 Å². The minimum Gasteiger partial charge on any atom is -0.492 e. The van der Waals surface area contributed by atoms with Crippen molar-refractivity contribution in [1.82, 2.24) is 10.6 Å². The Morgan fingerprint density at radius 1 is 1.40 bits per heavy atom.